The number of nitrogens with one attached hydrogen (secondary N) is 1. The first-order chi connectivity index (χ1) is 8.86. The van der Waals surface area contributed by atoms with Crippen molar-refractivity contribution < 1.29 is 9.47 Å². The highest BCUT2D eigenvalue weighted by atomic mass is 16.5. The van der Waals surface area contributed by atoms with E-state index in [0.29, 0.717) is 6.61 Å². The van der Waals surface area contributed by atoms with Gasteiger partial charge in [-0.2, -0.15) is 0 Å². The highest BCUT2D eigenvalue weighted by Crippen LogP contribution is 2.22. The molecule has 0 saturated carbocycles. The van der Waals surface area contributed by atoms with E-state index < -0.39 is 0 Å². The van der Waals surface area contributed by atoms with Crippen molar-refractivity contribution in [3.05, 3.63) is 18.2 Å². The molecular formula is C13H17N3O2. The molecule has 2 heterocycles. The Hall–Kier alpha value is -1.75. The van der Waals surface area contributed by atoms with E-state index >= 15 is 0 Å². The van der Waals surface area contributed by atoms with Crippen molar-refractivity contribution in [1.82, 2.24) is 9.97 Å². The van der Waals surface area contributed by atoms with Crippen LogP contribution in [0.1, 0.15) is 6.92 Å². The van der Waals surface area contributed by atoms with Crippen LogP contribution in [0.2, 0.25) is 0 Å². The molecule has 3 rings (SSSR count). The number of rotatable bonds is 3. The zero-order valence-corrected chi connectivity index (χ0v) is 10.5. The SMILES string of the molecule is CCOc1ccc2nc(N3CCOCC3)[nH]c2c1. The Labute approximate surface area is 106 Å². The molecule has 1 aliphatic heterocycles. The van der Waals surface area contributed by atoms with Crippen molar-refractivity contribution in [3.8, 4) is 5.75 Å². The summed E-state index contributed by atoms with van der Waals surface area (Å²) < 4.78 is 10.8. The molecule has 1 aliphatic rings. The molecule has 1 aromatic heterocycles. The number of fused-ring (bicyclic) bond motifs is 1. The van der Waals surface area contributed by atoms with E-state index in [1.54, 1.807) is 0 Å². The normalized spacial score (nSPS) is 16.2. The third-order valence-corrected chi connectivity index (χ3v) is 3.06. The van der Waals surface area contributed by atoms with Gasteiger partial charge in [0, 0.05) is 19.2 Å². The monoisotopic (exact) mass is 247 g/mol. The number of ether oxygens (including phenoxy) is 2. The highest BCUT2D eigenvalue weighted by Gasteiger charge is 2.14. The van der Waals surface area contributed by atoms with E-state index in [0.717, 1.165) is 49.0 Å². The lowest BCUT2D eigenvalue weighted by Gasteiger charge is -2.26. The van der Waals surface area contributed by atoms with Crippen molar-refractivity contribution in [2.24, 2.45) is 0 Å². The second-order valence-corrected chi connectivity index (χ2v) is 4.27. The molecule has 18 heavy (non-hydrogen) atoms. The summed E-state index contributed by atoms with van der Waals surface area (Å²) in [5.41, 5.74) is 1.99. The summed E-state index contributed by atoms with van der Waals surface area (Å²) in [7, 11) is 0. The standard InChI is InChI=1S/C13H17N3O2/c1-2-18-10-3-4-11-12(9-10)15-13(14-11)16-5-7-17-8-6-16/h3-4,9H,2,5-8H2,1H3,(H,14,15). The fraction of sp³-hybridized carbons (Fsp3) is 0.462. The number of aromatic amines is 1. The van der Waals surface area contributed by atoms with E-state index in [1.807, 2.05) is 25.1 Å². The first-order valence-electron chi connectivity index (χ1n) is 6.32. The maximum absolute atomic E-state index is 5.49. The molecule has 0 aliphatic carbocycles. The van der Waals surface area contributed by atoms with E-state index in [1.165, 1.54) is 0 Å². The molecule has 2 aromatic rings. The highest BCUT2D eigenvalue weighted by molar-refractivity contribution is 5.79. The number of H-pyrrole nitrogens is 1. The average molecular weight is 247 g/mol. The number of hydrogen-bond donors (Lipinski definition) is 1. The predicted molar refractivity (Wildman–Crippen MR) is 70.3 cm³/mol. The molecule has 5 heteroatoms. The van der Waals surface area contributed by atoms with Gasteiger partial charge in [-0.25, -0.2) is 4.98 Å². The van der Waals surface area contributed by atoms with Gasteiger partial charge in [0.05, 0.1) is 30.9 Å². The molecule has 0 bridgehead atoms. The van der Waals surface area contributed by atoms with Gasteiger partial charge >= 0.3 is 0 Å². The number of anilines is 1. The van der Waals surface area contributed by atoms with Crippen molar-refractivity contribution in [2.45, 2.75) is 6.92 Å². The zero-order valence-electron chi connectivity index (χ0n) is 10.5. The van der Waals surface area contributed by atoms with Crippen molar-refractivity contribution in [2.75, 3.05) is 37.8 Å². The van der Waals surface area contributed by atoms with Gasteiger partial charge in [0.1, 0.15) is 5.75 Å². The second kappa shape index (κ2) is 4.86. The Bertz CT molecular complexity index is 532. The summed E-state index contributed by atoms with van der Waals surface area (Å²) in [6.07, 6.45) is 0. The molecule has 1 saturated heterocycles. The van der Waals surface area contributed by atoms with Crippen LogP contribution in [0.15, 0.2) is 18.2 Å². The van der Waals surface area contributed by atoms with Crippen molar-refractivity contribution >= 4 is 17.0 Å². The molecule has 1 aromatic carbocycles. The molecule has 0 unspecified atom stereocenters. The summed E-state index contributed by atoms with van der Waals surface area (Å²) in [6, 6.07) is 5.94. The van der Waals surface area contributed by atoms with Crippen LogP contribution in [-0.4, -0.2) is 42.9 Å². The third kappa shape index (κ3) is 2.13. The van der Waals surface area contributed by atoms with Gasteiger partial charge in [0.15, 0.2) is 0 Å². The lowest BCUT2D eigenvalue weighted by Crippen LogP contribution is -2.36. The molecule has 0 atom stereocenters. The summed E-state index contributed by atoms with van der Waals surface area (Å²) in [4.78, 5) is 10.2. The topological polar surface area (TPSA) is 50.4 Å². The Morgan fingerprint density at radius 1 is 1.39 bits per heavy atom. The van der Waals surface area contributed by atoms with E-state index in [2.05, 4.69) is 14.9 Å². The van der Waals surface area contributed by atoms with Crippen LogP contribution >= 0.6 is 0 Å². The second-order valence-electron chi connectivity index (χ2n) is 4.27. The first kappa shape index (κ1) is 11.3. The van der Waals surface area contributed by atoms with Gasteiger partial charge in [-0.15, -0.1) is 0 Å². The fourth-order valence-corrected chi connectivity index (χ4v) is 2.16. The van der Waals surface area contributed by atoms with Gasteiger partial charge in [-0.1, -0.05) is 0 Å². The first-order valence-corrected chi connectivity index (χ1v) is 6.32. The largest absolute Gasteiger partial charge is 0.494 e. The molecule has 1 N–H and O–H groups in total. The molecule has 0 spiro atoms. The van der Waals surface area contributed by atoms with E-state index in [9.17, 15) is 0 Å². The number of benzene rings is 1. The van der Waals surface area contributed by atoms with Crippen LogP contribution in [0.4, 0.5) is 5.95 Å². The maximum Gasteiger partial charge on any atom is 0.203 e. The Kier molecular flexibility index (Phi) is 3.06. The molecular weight excluding hydrogens is 230 g/mol. The minimum atomic E-state index is 0.677. The number of morpholine rings is 1. The molecule has 5 nitrogen and oxygen atoms in total. The average Bonchev–Trinajstić information content (AvgIpc) is 2.83. The van der Waals surface area contributed by atoms with E-state index in [4.69, 9.17) is 9.47 Å². The van der Waals surface area contributed by atoms with Gasteiger partial charge in [-0.05, 0) is 19.1 Å². The van der Waals surface area contributed by atoms with Crippen LogP contribution in [-0.2, 0) is 4.74 Å². The summed E-state index contributed by atoms with van der Waals surface area (Å²) >= 11 is 0. The predicted octanol–water partition coefficient (Wildman–Crippen LogP) is 1.80. The van der Waals surface area contributed by atoms with E-state index in [-0.39, 0.29) is 0 Å². The Morgan fingerprint density at radius 2 is 2.22 bits per heavy atom. The van der Waals surface area contributed by atoms with Crippen LogP contribution in [0.25, 0.3) is 11.0 Å². The lowest BCUT2D eigenvalue weighted by molar-refractivity contribution is 0.122. The summed E-state index contributed by atoms with van der Waals surface area (Å²) in [5, 5.41) is 0. The molecule has 1 fully saturated rings. The number of aromatic nitrogens is 2. The van der Waals surface area contributed by atoms with Crippen LogP contribution in [0, 0.1) is 0 Å². The molecule has 0 amide bonds. The maximum atomic E-state index is 5.49. The smallest absolute Gasteiger partial charge is 0.203 e. The fourth-order valence-electron chi connectivity index (χ4n) is 2.16. The minimum absolute atomic E-state index is 0.677. The quantitative estimate of drug-likeness (QED) is 0.898. The van der Waals surface area contributed by atoms with Crippen molar-refractivity contribution in [3.63, 3.8) is 0 Å². The van der Waals surface area contributed by atoms with Gasteiger partial charge in [0.25, 0.3) is 0 Å². The van der Waals surface area contributed by atoms with Crippen LogP contribution < -0.4 is 9.64 Å². The molecule has 96 valence electrons. The number of hydrogen-bond acceptors (Lipinski definition) is 4. The van der Waals surface area contributed by atoms with Gasteiger partial charge in [0.2, 0.25) is 5.95 Å². The Morgan fingerprint density at radius 3 is 3.00 bits per heavy atom. The number of imidazole rings is 1. The summed E-state index contributed by atoms with van der Waals surface area (Å²) in [6.45, 7) is 5.96. The third-order valence-electron chi connectivity index (χ3n) is 3.06. The zero-order chi connectivity index (χ0) is 12.4. The van der Waals surface area contributed by atoms with Crippen LogP contribution in [0.5, 0.6) is 5.75 Å². The van der Waals surface area contributed by atoms with Crippen molar-refractivity contribution in [1.29, 1.82) is 0 Å². The van der Waals surface area contributed by atoms with Crippen LogP contribution in [0.3, 0.4) is 0 Å². The molecule has 0 radical (unpaired) electrons. The lowest BCUT2D eigenvalue weighted by atomic mass is 10.3. The number of nitrogens with zero attached hydrogens (tertiary/aromatic N) is 2. The minimum Gasteiger partial charge on any atom is -0.494 e. The summed E-state index contributed by atoms with van der Waals surface area (Å²) in [5.74, 6) is 1.80. The van der Waals surface area contributed by atoms with Gasteiger partial charge in [-0.3, -0.25) is 0 Å². The van der Waals surface area contributed by atoms with Gasteiger partial charge < -0.3 is 19.4 Å². The Balaban J connectivity index is 1.89.